The van der Waals surface area contributed by atoms with Crippen molar-refractivity contribution in [3.8, 4) is 22.8 Å². The molecule has 26 heavy (non-hydrogen) atoms. The quantitative estimate of drug-likeness (QED) is 0.621. The molecule has 4 rings (SSSR count). The number of halogens is 1. The van der Waals surface area contributed by atoms with Crippen LogP contribution in [0.25, 0.3) is 11.3 Å². The lowest BCUT2D eigenvalue weighted by molar-refractivity contribution is 0.0775. The second kappa shape index (κ2) is 6.88. The number of ether oxygens (including phenoxy) is 2. The van der Waals surface area contributed by atoms with Gasteiger partial charge in [-0.05, 0) is 42.5 Å². The molecule has 0 unspecified atom stereocenters. The van der Waals surface area contributed by atoms with Gasteiger partial charge < -0.3 is 18.8 Å². The molecule has 0 fully saturated rings. The Morgan fingerprint density at radius 3 is 2.62 bits per heavy atom. The van der Waals surface area contributed by atoms with Crippen molar-refractivity contribution in [2.75, 3.05) is 13.8 Å². The Labute approximate surface area is 159 Å². The largest absolute Gasteiger partial charge is 0.459 e. The second-order valence-electron chi connectivity index (χ2n) is 6.00. The fraction of sp³-hybridized carbons (Fsp3) is 0.150. The molecule has 0 atom stereocenters. The van der Waals surface area contributed by atoms with Crippen molar-refractivity contribution in [2.45, 2.75) is 6.54 Å². The predicted molar refractivity (Wildman–Crippen MR) is 100 cm³/mol. The Hall–Kier alpha value is -2.73. The molecule has 0 spiro atoms. The van der Waals surface area contributed by atoms with Gasteiger partial charge in [-0.2, -0.15) is 0 Å². The zero-order valence-corrected chi connectivity index (χ0v) is 15.7. The van der Waals surface area contributed by atoms with E-state index in [-0.39, 0.29) is 12.7 Å². The molecule has 0 saturated heterocycles. The molecular weight excluding hydrogens is 398 g/mol. The molecule has 0 bridgehead atoms. The average Bonchev–Trinajstić information content (AvgIpc) is 3.30. The third-order valence-electron chi connectivity index (χ3n) is 4.15. The second-order valence-corrected chi connectivity index (χ2v) is 6.92. The van der Waals surface area contributed by atoms with Crippen LogP contribution in [-0.2, 0) is 6.54 Å². The van der Waals surface area contributed by atoms with Gasteiger partial charge >= 0.3 is 0 Å². The maximum absolute atomic E-state index is 12.6. The highest BCUT2D eigenvalue weighted by Crippen LogP contribution is 2.33. The number of carbonyl (C=O) groups excluding carboxylic acids is 1. The van der Waals surface area contributed by atoms with Crippen molar-refractivity contribution in [3.05, 3.63) is 70.4 Å². The summed E-state index contributed by atoms with van der Waals surface area (Å²) in [6.07, 6.45) is 0. The summed E-state index contributed by atoms with van der Waals surface area (Å²) in [6.45, 7) is 0.567. The number of hydrogen-bond acceptors (Lipinski definition) is 4. The summed E-state index contributed by atoms with van der Waals surface area (Å²) in [4.78, 5) is 14.3. The number of rotatable bonds is 4. The van der Waals surface area contributed by atoms with Gasteiger partial charge in [0.05, 0.1) is 6.54 Å². The first-order chi connectivity index (χ1) is 12.6. The van der Waals surface area contributed by atoms with Crippen LogP contribution in [0.15, 0.2) is 63.5 Å². The minimum absolute atomic E-state index is 0.107. The smallest absolute Gasteiger partial charge is 0.254 e. The lowest BCUT2D eigenvalue weighted by Crippen LogP contribution is -2.25. The van der Waals surface area contributed by atoms with E-state index in [1.54, 1.807) is 30.1 Å². The van der Waals surface area contributed by atoms with Crippen LogP contribution >= 0.6 is 15.9 Å². The molecule has 1 aliphatic rings. The summed E-state index contributed by atoms with van der Waals surface area (Å²) in [6, 6.07) is 16.9. The third-order valence-corrected chi connectivity index (χ3v) is 4.68. The number of furan rings is 1. The normalized spacial score (nSPS) is 12.2. The Morgan fingerprint density at radius 1 is 1.04 bits per heavy atom. The van der Waals surface area contributed by atoms with E-state index in [1.807, 2.05) is 36.4 Å². The molecule has 0 aliphatic carbocycles. The molecule has 2 aromatic carbocycles. The van der Waals surface area contributed by atoms with Crippen molar-refractivity contribution < 1.29 is 18.7 Å². The molecule has 6 heteroatoms. The molecule has 0 radical (unpaired) electrons. The van der Waals surface area contributed by atoms with E-state index in [2.05, 4.69) is 15.9 Å². The first-order valence-corrected chi connectivity index (χ1v) is 8.89. The zero-order chi connectivity index (χ0) is 18.1. The van der Waals surface area contributed by atoms with E-state index in [1.165, 1.54) is 0 Å². The molecule has 1 amide bonds. The van der Waals surface area contributed by atoms with E-state index in [0.717, 1.165) is 21.6 Å². The zero-order valence-electron chi connectivity index (χ0n) is 14.1. The van der Waals surface area contributed by atoms with E-state index >= 15 is 0 Å². The third kappa shape index (κ3) is 3.32. The standard InChI is InChI=1S/C20H16BrNO4/c1-22(20(23)14-4-8-18-19(10-14)25-12-24-18)11-16-7-9-17(26-16)13-2-5-15(21)6-3-13/h2-10H,11-12H2,1H3. The van der Waals surface area contributed by atoms with Gasteiger partial charge in [-0.15, -0.1) is 0 Å². The van der Waals surface area contributed by atoms with Gasteiger partial charge in [-0.3, -0.25) is 4.79 Å². The van der Waals surface area contributed by atoms with Crippen LogP contribution in [0.1, 0.15) is 16.1 Å². The van der Waals surface area contributed by atoms with Crippen molar-refractivity contribution >= 4 is 21.8 Å². The number of nitrogens with zero attached hydrogens (tertiary/aromatic N) is 1. The number of carbonyl (C=O) groups is 1. The van der Waals surface area contributed by atoms with Gasteiger partial charge in [0, 0.05) is 22.6 Å². The van der Waals surface area contributed by atoms with Crippen LogP contribution in [0.4, 0.5) is 0 Å². The fourth-order valence-electron chi connectivity index (χ4n) is 2.79. The molecule has 1 aromatic heterocycles. The van der Waals surface area contributed by atoms with Gasteiger partial charge in [-0.1, -0.05) is 28.1 Å². The number of benzene rings is 2. The van der Waals surface area contributed by atoms with Crippen LogP contribution in [-0.4, -0.2) is 24.6 Å². The molecule has 3 aromatic rings. The molecular formula is C20H16BrNO4. The SMILES string of the molecule is CN(Cc1ccc(-c2ccc(Br)cc2)o1)C(=O)c1ccc2c(c1)OCO2. The summed E-state index contributed by atoms with van der Waals surface area (Å²) in [5, 5.41) is 0. The molecule has 2 heterocycles. The minimum atomic E-state index is -0.107. The molecule has 1 aliphatic heterocycles. The molecule has 132 valence electrons. The van der Waals surface area contributed by atoms with Crippen molar-refractivity contribution in [1.82, 2.24) is 4.90 Å². The van der Waals surface area contributed by atoms with Gasteiger partial charge in [0.1, 0.15) is 11.5 Å². The summed E-state index contributed by atoms with van der Waals surface area (Å²) in [5.74, 6) is 2.65. The lowest BCUT2D eigenvalue weighted by Gasteiger charge is -2.16. The van der Waals surface area contributed by atoms with Crippen LogP contribution in [0.3, 0.4) is 0 Å². The van der Waals surface area contributed by atoms with Crippen LogP contribution in [0.5, 0.6) is 11.5 Å². The monoisotopic (exact) mass is 413 g/mol. The van der Waals surface area contributed by atoms with Crippen LogP contribution < -0.4 is 9.47 Å². The molecule has 0 saturated carbocycles. The number of fused-ring (bicyclic) bond motifs is 1. The van der Waals surface area contributed by atoms with E-state index < -0.39 is 0 Å². The van der Waals surface area contributed by atoms with Gasteiger partial charge in [0.15, 0.2) is 11.5 Å². The molecule has 5 nitrogen and oxygen atoms in total. The minimum Gasteiger partial charge on any atom is -0.459 e. The van der Waals surface area contributed by atoms with Crippen molar-refractivity contribution in [1.29, 1.82) is 0 Å². The Kier molecular flexibility index (Phi) is 4.42. The Bertz CT molecular complexity index is 949. The first kappa shape index (κ1) is 16.7. The highest BCUT2D eigenvalue weighted by Gasteiger charge is 2.19. The van der Waals surface area contributed by atoms with E-state index in [9.17, 15) is 4.79 Å². The summed E-state index contributed by atoms with van der Waals surface area (Å²) >= 11 is 3.42. The van der Waals surface area contributed by atoms with Crippen LogP contribution in [0, 0.1) is 0 Å². The fourth-order valence-corrected chi connectivity index (χ4v) is 3.05. The van der Waals surface area contributed by atoms with E-state index in [0.29, 0.717) is 23.6 Å². The Balaban J connectivity index is 1.47. The van der Waals surface area contributed by atoms with Crippen molar-refractivity contribution in [3.63, 3.8) is 0 Å². The lowest BCUT2D eigenvalue weighted by atomic mass is 10.1. The molecule has 0 N–H and O–H groups in total. The van der Waals surface area contributed by atoms with E-state index in [4.69, 9.17) is 13.9 Å². The highest BCUT2D eigenvalue weighted by atomic mass is 79.9. The average molecular weight is 414 g/mol. The summed E-state index contributed by atoms with van der Waals surface area (Å²) < 4.78 is 17.5. The predicted octanol–water partition coefficient (Wildman–Crippen LogP) is 4.71. The Morgan fingerprint density at radius 2 is 1.81 bits per heavy atom. The van der Waals surface area contributed by atoms with Gasteiger partial charge in [0.2, 0.25) is 6.79 Å². The van der Waals surface area contributed by atoms with Crippen LogP contribution in [0.2, 0.25) is 0 Å². The highest BCUT2D eigenvalue weighted by molar-refractivity contribution is 9.10. The van der Waals surface area contributed by atoms with Gasteiger partial charge in [0.25, 0.3) is 5.91 Å². The number of amides is 1. The van der Waals surface area contributed by atoms with Gasteiger partial charge in [-0.25, -0.2) is 0 Å². The maximum Gasteiger partial charge on any atom is 0.254 e. The summed E-state index contributed by atoms with van der Waals surface area (Å²) in [7, 11) is 1.74. The maximum atomic E-state index is 12.6. The van der Waals surface area contributed by atoms with Crippen molar-refractivity contribution in [2.24, 2.45) is 0 Å². The topological polar surface area (TPSA) is 51.9 Å². The summed E-state index contributed by atoms with van der Waals surface area (Å²) in [5.41, 5.74) is 1.54. The number of hydrogen-bond donors (Lipinski definition) is 0. The first-order valence-electron chi connectivity index (χ1n) is 8.10.